The lowest BCUT2D eigenvalue weighted by atomic mass is 10.1. The van der Waals surface area contributed by atoms with Crippen LogP contribution in [0.1, 0.15) is 25.5 Å². The van der Waals surface area contributed by atoms with Crippen molar-refractivity contribution in [1.82, 2.24) is 15.4 Å². The third kappa shape index (κ3) is 9.26. The largest absolute Gasteiger partial charge is 0.357 e. The fourth-order valence-electron chi connectivity index (χ4n) is 1.79. The van der Waals surface area contributed by atoms with E-state index in [2.05, 4.69) is 20.3 Å². The molecule has 1 aromatic carbocycles. The van der Waals surface area contributed by atoms with Gasteiger partial charge in [0, 0.05) is 13.1 Å². The van der Waals surface area contributed by atoms with E-state index in [0.29, 0.717) is 29.1 Å². The maximum atomic E-state index is 11.0. The van der Waals surface area contributed by atoms with Crippen molar-refractivity contribution in [3.05, 3.63) is 33.8 Å². The fraction of sp³-hybridized carbons (Fsp3) is 0.500. The van der Waals surface area contributed by atoms with Gasteiger partial charge in [0.05, 0.1) is 28.9 Å². The third-order valence-corrected chi connectivity index (χ3v) is 4.35. The molecule has 0 saturated carbocycles. The van der Waals surface area contributed by atoms with Crippen molar-refractivity contribution >= 4 is 63.2 Å². The van der Waals surface area contributed by atoms with E-state index in [-0.39, 0.29) is 36.6 Å². The number of nitrogens with one attached hydrogen (secondary N) is 3. The summed E-state index contributed by atoms with van der Waals surface area (Å²) in [7, 11) is -3.20. The van der Waals surface area contributed by atoms with Gasteiger partial charge in [0.1, 0.15) is 0 Å². The van der Waals surface area contributed by atoms with Gasteiger partial charge in [-0.05, 0) is 31.5 Å². The van der Waals surface area contributed by atoms with E-state index in [0.717, 1.165) is 11.8 Å². The quantitative estimate of drug-likeness (QED) is 0.229. The Hall–Kier alpha value is -0.290. The zero-order valence-electron chi connectivity index (χ0n) is 13.8. The second-order valence-corrected chi connectivity index (χ2v) is 7.61. The third-order valence-electron chi connectivity index (χ3n) is 2.89. The lowest BCUT2D eigenvalue weighted by Gasteiger charge is -2.18. The van der Waals surface area contributed by atoms with Gasteiger partial charge in [-0.15, -0.1) is 24.0 Å². The van der Waals surface area contributed by atoms with Crippen molar-refractivity contribution in [3.8, 4) is 0 Å². The van der Waals surface area contributed by atoms with Crippen molar-refractivity contribution in [3.63, 3.8) is 0 Å². The number of guanidine groups is 1. The molecule has 0 amide bonds. The summed E-state index contributed by atoms with van der Waals surface area (Å²) in [4.78, 5) is 4.33. The number of nitrogens with zero attached hydrogens (tertiary/aromatic N) is 1. The second-order valence-electron chi connectivity index (χ2n) is 4.97. The standard InChI is InChI=1S/C14H22Cl2N4O2S.HI/c1-4-17-14(18-7-8-19-23(3,21)22)20-10(2)11-5-6-12(15)13(16)9-11;/h5-6,9-10,19H,4,7-8H2,1-3H3,(H2,17,18,20);1H. The smallest absolute Gasteiger partial charge is 0.208 e. The van der Waals surface area contributed by atoms with Crippen LogP contribution in [0, 0.1) is 0 Å². The minimum atomic E-state index is -3.20. The van der Waals surface area contributed by atoms with Crippen LogP contribution in [0.25, 0.3) is 0 Å². The Kier molecular flexibility index (Phi) is 11.2. The lowest BCUT2D eigenvalue weighted by Crippen LogP contribution is -2.39. The highest BCUT2D eigenvalue weighted by molar-refractivity contribution is 14.0. The summed E-state index contributed by atoms with van der Waals surface area (Å²) in [6.45, 7) is 5.20. The Morgan fingerprint density at radius 3 is 2.50 bits per heavy atom. The molecular formula is C14H23Cl2IN4O2S. The van der Waals surface area contributed by atoms with Crippen LogP contribution in [0.15, 0.2) is 23.2 Å². The predicted octanol–water partition coefficient (Wildman–Crippen LogP) is 2.78. The van der Waals surface area contributed by atoms with Crippen molar-refractivity contribution < 1.29 is 8.42 Å². The van der Waals surface area contributed by atoms with Crippen molar-refractivity contribution in [2.75, 3.05) is 25.9 Å². The molecule has 0 bridgehead atoms. The molecule has 6 nitrogen and oxygen atoms in total. The first-order chi connectivity index (χ1) is 10.7. The van der Waals surface area contributed by atoms with Gasteiger partial charge in [0.15, 0.2) is 5.96 Å². The van der Waals surface area contributed by atoms with Crippen molar-refractivity contribution in [1.29, 1.82) is 0 Å². The lowest BCUT2D eigenvalue weighted by molar-refractivity contribution is 0.588. The highest BCUT2D eigenvalue weighted by Crippen LogP contribution is 2.25. The summed E-state index contributed by atoms with van der Waals surface area (Å²) < 4.78 is 24.4. The van der Waals surface area contributed by atoms with Gasteiger partial charge in [-0.1, -0.05) is 29.3 Å². The fourth-order valence-corrected chi connectivity index (χ4v) is 2.56. The number of hydrogen-bond donors (Lipinski definition) is 3. The van der Waals surface area contributed by atoms with E-state index < -0.39 is 10.0 Å². The van der Waals surface area contributed by atoms with E-state index in [9.17, 15) is 8.42 Å². The normalized spacial score (nSPS) is 13.1. The van der Waals surface area contributed by atoms with Crippen LogP contribution in [0.5, 0.6) is 0 Å². The van der Waals surface area contributed by atoms with Gasteiger partial charge in [0.2, 0.25) is 10.0 Å². The second kappa shape index (κ2) is 11.3. The summed E-state index contributed by atoms with van der Waals surface area (Å²) >= 11 is 11.9. The summed E-state index contributed by atoms with van der Waals surface area (Å²) in [6.07, 6.45) is 1.12. The SMILES string of the molecule is CCNC(=NCCNS(C)(=O)=O)NC(C)c1ccc(Cl)c(Cl)c1.I. The Morgan fingerprint density at radius 1 is 1.29 bits per heavy atom. The van der Waals surface area contributed by atoms with Crippen LogP contribution in [-0.4, -0.2) is 40.3 Å². The number of halogens is 3. The van der Waals surface area contributed by atoms with E-state index >= 15 is 0 Å². The molecular weight excluding hydrogens is 486 g/mol. The molecule has 0 radical (unpaired) electrons. The van der Waals surface area contributed by atoms with Crippen LogP contribution in [0.4, 0.5) is 0 Å². The molecule has 1 aromatic rings. The molecule has 10 heteroatoms. The molecule has 1 rings (SSSR count). The predicted molar refractivity (Wildman–Crippen MR) is 112 cm³/mol. The zero-order valence-corrected chi connectivity index (χ0v) is 18.4. The highest BCUT2D eigenvalue weighted by atomic mass is 127. The van der Waals surface area contributed by atoms with E-state index in [1.165, 1.54) is 0 Å². The number of hydrogen-bond acceptors (Lipinski definition) is 3. The summed E-state index contributed by atoms with van der Waals surface area (Å²) in [6, 6.07) is 5.40. The van der Waals surface area contributed by atoms with E-state index in [1.807, 2.05) is 19.9 Å². The average Bonchev–Trinajstić information content (AvgIpc) is 2.45. The Labute approximate surface area is 170 Å². The molecule has 138 valence electrons. The molecule has 0 aliphatic carbocycles. The number of benzene rings is 1. The number of rotatable bonds is 7. The van der Waals surface area contributed by atoms with Gasteiger partial charge in [0.25, 0.3) is 0 Å². The molecule has 0 saturated heterocycles. The molecule has 0 fully saturated rings. The molecule has 1 atom stereocenters. The van der Waals surface area contributed by atoms with Gasteiger partial charge in [-0.25, -0.2) is 13.1 Å². The minimum absolute atomic E-state index is 0. The molecule has 3 N–H and O–H groups in total. The van der Waals surface area contributed by atoms with E-state index in [1.54, 1.807) is 12.1 Å². The maximum absolute atomic E-state index is 11.0. The molecule has 24 heavy (non-hydrogen) atoms. The summed E-state index contributed by atoms with van der Waals surface area (Å²) in [5.41, 5.74) is 0.972. The first-order valence-electron chi connectivity index (χ1n) is 7.17. The maximum Gasteiger partial charge on any atom is 0.208 e. The molecule has 0 aliphatic heterocycles. The summed E-state index contributed by atoms with van der Waals surface area (Å²) in [5, 5.41) is 7.35. The van der Waals surface area contributed by atoms with Gasteiger partial charge < -0.3 is 10.6 Å². The first kappa shape index (κ1) is 23.7. The zero-order chi connectivity index (χ0) is 17.5. The van der Waals surface area contributed by atoms with Gasteiger partial charge >= 0.3 is 0 Å². The van der Waals surface area contributed by atoms with Crippen LogP contribution >= 0.6 is 47.2 Å². The Balaban J connectivity index is 0.00000529. The Morgan fingerprint density at radius 2 is 1.96 bits per heavy atom. The molecule has 0 spiro atoms. The van der Waals surface area contributed by atoms with Crippen molar-refractivity contribution in [2.24, 2.45) is 4.99 Å². The number of aliphatic imine (C=N–C) groups is 1. The topological polar surface area (TPSA) is 82.6 Å². The van der Waals surface area contributed by atoms with Crippen LogP contribution < -0.4 is 15.4 Å². The van der Waals surface area contributed by atoms with Crippen LogP contribution in [-0.2, 0) is 10.0 Å². The Bertz CT molecular complexity index is 656. The minimum Gasteiger partial charge on any atom is -0.357 e. The first-order valence-corrected chi connectivity index (χ1v) is 9.82. The molecule has 0 heterocycles. The van der Waals surface area contributed by atoms with Crippen LogP contribution in [0.3, 0.4) is 0 Å². The molecule has 1 unspecified atom stereocenters. The van der Waals surface area contributed by atoms with Gasteiger partial charge in [-0.3, -0.25) is 4.99 Å². The summed E-state index contributed by atoms with van der Waals surface area (Å²) in [5.74, 6) is 0.598. The van der Waals surface area contributed by atoms with Crippen LogP contribution in [0.2, 0.25) is 10.0 Å². The van der Waals surface area contributed by atoms with Gasteiger partial charge in [-0.2, -0.15) is 0 Å². The van der Waals surface area contributed by atoms with E-state index in [4.69, 9.17) is 23.2 Å². The van der Waals surface area contributed by atoms with Crippen molar-refractivity contribution in [2.45, 2.75) is 19.9 Å². The average molecular weight is 509 g/mol. The molecule has 0 aliphatic rings. The number of sulfonamides is 1. The monoisotopic (exact) mass is 508 g/mol. The molecule has 0 aromatic heterocycles. The highest BCUT2D eigenvalue weighted by Gasteiger charge is 2.09.